The third kappa shape index (κ3) is 2.24. The Morgan fingerprint density at radius 1 is 2.00 bits per heavy atom. The van der Waals surface area contributed by atoms with Crippen LogP contribution in [0.25, 0.3) is 0 Å². The highest BCUT2D eigenvalue weighted by Gasteiger charge is 2.12. The summed E-state index contributed by atoms with van der Waals surface area (Å²) in [7, 11) is 0. The first-order valence-corrected chi connectivity index (χ1v) is 1.57. The van der Waals surface area contributed by atoms with Gasteiger partial charge in [0.05, 0.1) is 6.92 Å². The summed E-state index contributed by atoms with van der Waals surface area (Å²) >= 11 is 0. The highest BCUT2D eigenvalue weighted by atomic mass is 16.9. The molecule has 0 radical (unpaired) electrons. The molecule has 0 aromatic rings. The molecular formula is C2H6N2O3. The Kier molecular flexibility index (Phi) is 1.44. The largest absolute Gasteiger partial charge is 0.571 e. The zero-order valence-electron chi connectivity index (χ0n) is 3.79. The summed E-state index contributed by atoms with van der Waals surface area (Å²) in [5.41, 5.74) is 0. The second kappa shape index (κ2) is 1.55. The minimum absolute atomic E-state index is 0.896. The fourth-order valence-electron chi connectivity index (χ4n) is 0. The van der Waals surface area contributed by atoms with Gasteiger partial charge in [-0.25, -0.2) is 4.79 Å². The summed E-state index contributed by atoms with van der Waals surface area (Å²) in [6.07, 6.45) is 0. The molecule has 7 heavy (non-hydrogen) atoms. The van der Waals surface area contributed by atoms with Gasteiger partial charge in [-0.15, -0.1) is 5.84 Å². The van der Waals surface area contributed by atoms with Crippen molar-refractivity contribution in [2.45, 2.75) is 6.92 Å². The molecule has 5 heteroatoms. The van der Waals surface area contributed by atoms with Gasteiger partial charge < -0.3 is 5.21 Å². The minimum Gasteiger partial charge on any atom is -0.571 e. The highest BCUT2D eigenvalue weighted by molar-refractivity contribution is 5.64. The van der Waals surface area contributed by atoms with Crippen molar-refractivity contribution in [1.82, 2.24) is 0 Å². The molecular weight excluding hydrogens is 100 g/mol. The van der Waals surface area contributed by atoms with Gasteiger partial charge in [0.15, 0.2) is 0 Å². The maximum Gasteiger partial charge on any atom is 0.362 e. The van der Waals surface area contributed by atoms with Gasteiger partial charge in [-0.3, -0.25) is 0 Å². The van der Waals surface area contributed by atoms with Gasteiger partial charge in [-0.1, -0.05) is 4.92 Å². The molecule has 5 nitrogen and oxygen atoms in total. The van der Waals surface area contributed by atoms with Crippen LogP contribution in [0.1, 0.15) is 6.92 Å². The number of hydrogen-bond acceptors (Lipinski definition) is 4. The van der Waals surface area contributed by atoms with E-state index in [9.17, 15) is 10.0 Å². The van der Waals surface area contributed by atoms with Crippen molar-refractivity contribution in [2.24, 2.45) is 5.84 Å². The Hall–Kier alpha value is -0.490. The fourth-order valence-corrected chi connectivity index (χ4v) is 0. The van der Waals surface area contributed by atoms with Crippen LogP contribution in [-0.2, 0) is 4.79 Å². The molecule has 0 aromatic heterocycles. The summed E-state index contributed by atoms with van der Waals surface area (Å²) in [6, 6.07) is 0. The van der Waals surface area contributed by atoms with E-state index in [2.05, 4.69) is 5.84 Å². The summed E-state index contributed by atoms with van der Waals surface area (Å²) in [4.78, 5) is 7.42. The lowest BCUT2D eigenvalue weighted by atomic mass is 10.7. The number of amides is 1. The van der Waals surface area contributed by atoms with Crippen molar-refractivity contribution in [3.63, 3.8) is 0 Å². The van der Waals surface area contributed by atoms with Crippen molar-refractivity contribution < 1.29 is 14.9 Å². The average Bonchev–Trinajstić information content (AvgIpc) is 1.31. The predicted molar refractivity (Wildman–Crippen MR) is 20.3 cm³/mol. The molecule has 0 rings (SSSR count). The Balaban J connectivity index is 3.79. The quantitative estimate of drug-likeness (QED) is 0.138. The van der Waals surface area contributed by atoms with E-state index in [4.69, 9.17) is 5.21 Å². The average molecular weight is 106 g/mol. The zero-order valence-corrected chi connectivity index (χ0v) is 3.79. The minimum atomic E-state index is -2.33. The number of rotatable bonds is 0. The van der Waals surface area contributed by atoms with Crippen LogP contribution in [0.5, 0.6) is 0 Å². The van der Waals surface area contributed by atoms with E-state index >= 15 is 0 Å². The molecule has 0 spiro atoms. The lowest BCUT2D eigenvalue weighted by molar-refractivity contribution is -1.01. The third-order valence-corrected chi connectivity index (χ3v) is 0.451. The number of hydrogen-bond donors (Lipinski definition) is 2. The van der Waals surface area contributed by atoms with Crippen molar-refractivity contribution in [3.8, 4) is 0 Å². The zero-order chi connectivity index (χ0) is 6.08. The molecule has 0 saturated carbocycles. The van der Waals surface area contributed by atoms with Gasteiger partial charge in [0.1, 0.15) is 0 Å². The molecule has 1 atom stereocenters. The van der Waals surface area contributed by atoms with Gasteiger partial charge in [-0.05, 0) is 0 Å². The van der Waals surface area contributed by atoms with E-state index in [1.165, 1.54) is 0 Å². The van der Waals surface area contributed by atoms with Crippen LogP contribution in [0, 0.1) is 5.21 Å². The summed E-state index contributed by atoms with van der Waals surface area (Å²) in [5.74, 6) is 3.22. The molecule has 3 N–H and O–H groups in total. The molecule has 0 aliphatic carbocycles. The van der Waals surface area contributed by atoms with Gasteiger partial charge in [0, 0.05) is 0 Å². The number of carbonyl (C=O) groups excluding carboxylic acids is 1. The number of nitrogens with two attached hydrogens (primary N) is 1. The van der Waals surface area contributed by atoms with Crippen molar-refractivity contribution in [1.29, 1.82) is 0 Å². The van der Waals surface area contributed by atoms with Gasteiger partial charge >= 0.3 is 5.91 Å². The van der Waals surface area contributed by atoms with Gasteiger partial charge in [-0.2, -0.15) is 5.21 Å². The molecule has 0 aromatic carbocycles. The van der Waals surface area contributed by atoms with Crippen LogP contribution in [0.15, 0.2) is 0 Å². The molecule has 1 amide bonds. The van der Waals surface area contributed by atoms with Crippen LogP contribution in [0.2, 0.25) is 0 Å². The molecule has 42 valence electrons. The highest BCUT2D eigenvalue weighted by Crippen LogP contribution is 1.83. The van der Waals surface area contributed by atoms with Gasteiger partial charge in [0.25, 0.3) is 0 Å². The van der Waals surface area contributed by atoms with E-state index in [1.807, 2.05) is 0 Å². The molecule has 0 aliphatic rings. The Labute approximate surface area is 40.0 Å². The first kappa shape index (κ1) is 6.51. The number of nitrogens with zero attached hydrogens (tertiary/aromatic N) is 1. The monoisotopic (exact) mass is 106 g/mol. The van der Waals surface area contributed by atoms with Crippen LogP contribution >= 0.6 is 0 Å². The second-order valence-electron chi connectivity index (χ2n) is 1.14. The second-order valence-corrected chi connectivity index (χ2v) is 1.14. The first-order chi connectivity index (χ1) is 2.94. The Bertz CT molecular complexity index is 83.4. The molecule has 0 fully saturated rings. The summed E-state index contributed by atoms with van der Waals surface area (Å²) in [5, 5.41) is 17.6. The lowest BCUT2D eigenvalue weighted by Crippen LogP contribution is -2.49. The van der Waals surface area contributed by atoms with Crippen LogP contribution in [0.3, 0.4) is 0 Å². The molecule has 0 bridgehead atoms. The summed E-state index contributed by atoms with van der Waals surface area (Å²) < 4.78 is 0. The van der Waals surface area contributed by atoms with Crippen LogP contribution in [0.4, 0.5) is 0 Å². The van der Waals surface area contributed by atoms with Crippen LogP contribution in [-0.4, -0.2) is 16.0 Å². The molecule has 0 aliphatic heterocycles. The topological polar surface area (TPSA) is 86.4 Å². The Morgan fingerprint density at radius 2 is 2.14 bits per heavy atom. The molecule has 0 heterocycles. The van der Waals surface area contributed by atoms with E-state index in [-0.39, 0.29) is 0 Å². The van der Waals surface area contributed by atoms with Crippen molar-refractivity contribution >= 4 is 5.91 Å². The predicted octanol–water partition coefficient (Wildman–Crippen LogP) is -0.890. The third-order valence-electron chi connectivity index (χ3n) is 0.451. The van der Waals surface area contributed by atoms with E-state index in [0.29, 0.717) is 0 Å². The first-order valence-electron chi connectivity index (χ1n) is 1.57. The summed E-state index contributed by atoms with van der Waals surface area (Å²) in [6.45, 7) is 0.896. The van der Waals surface area contributed by atoms with Crippen molar-refractivity contribution in [2.75, 3.05) is 0 Å². The van der Waals surface area contributed by atoms with Crippen LogP contribution < -0.4 is 5.84 Å². The number of quaternary nitrogens is 1. The lowest BCUT2D eigenvalue weighted by Gasteiger charge is -2.20. The molecule has 1 unspecified atom stereocenters. The van der Waals surface area contributed by atoms with E-state index < -0.39 is 10.8 Å². The maximum absolute atomic E-state index is 9.75. The standard InChI is InChI=1S/C2H6N2O3/c1-2(5)4(3,6)7/h6H,3H2,1H3. The number of hydroxylamine groups is 2. The fraction of sp³-hybridized carbons (Fsp3) is 0.500. The number of carbonyl (C=O) groups is 1. The van der Waals surface area contributed by atoms with E-state index in [1.54, 1.807) is 0 Å². The normalized spacial score (nSPS) is 18.3. The SMILES string of the molecule is CC(=O)[N+](N)([O-])O. The van der Waals surface area contributed by atoms with Crippen molar-refractivity contribution in [3.05, 3.63) is 5.21 Å². The Morgan fingerprint density at radius 3 is 2.14 bits per heavy atom. The molecule has 0 saturated heterocycles. The van der Waals surface area contributed by atoms with Gasteiger partial charge in [0.2, 0.25) is 0 Å². The van der Waals surface area contributed by atoms with E-state index in [0.717, 1.165) is 6.92 Å². The maximum atomic E-state index is 9.75. The smallest absolute Gasteiger partial charge is 0.362 e.